The number of nitrogens with one attached hydrogen (secondary N) is 1. The van der Waals surface area contributed by atoms with Gasteiger partial charge in [-0.1, -0.05) is 89.6 Å². The third-order valence-corrected chi connectivity index (χ3v) is 3.62. The van der Waals surface area contributed by atoms with Gasteiger partial charge in [0.15, 0.2) is 0 Å². The Morgan fingerprint density at radius 1 is 0.903 bits per heavy atom. The van der Waals surface area contributed by atoms with Crippen LogP contribution in [0, 0.1) is 0 Å². The molecule has 0 spiro atoms. The molecule has 2 aromatic carbocycles. The minimum Gasteiger partial charge on any atom is -0.481 e. The minimum absolute atomic E-state index is 0.00124. The number of rotatable bonds is 7. The van der Waals surface area contributed by atoms with Crippen LogP contribution in [0.1, 0.15) is 65.5 Å². The molecule has 2 amide bonds. The van der Waals surface area contributed by atoms with Gasteiger partial charge < -0.3 is 16.2 Å². The molecule has 0 radical (unpaired) electrons. The second-order valence-corrected chi connectivity index (χ2v) is 6.09. The summed E-state index contributed by atoms with van der Waals surface area (Å²) in [7, 11) is 0. The Morgan fingerprint density at radius 2 is 1.48 bits per heavy atom. The lowest BCUT2D eigenvalue weighted by atomic mass is 10.00. The lowest BCUT2D eigenvalue weighted by molar-refractivity contribution is -0.140. The molecule has 6 heteroatoms. The van der Waals surface area contributed by atoms with E-state index in [2.05, 4.69) is 66.5 Å². The van der Waals surface area contributed by atoms with Crippen molar-refractivity contribution in [1.29, 1.82) is 0 Å². The zero-order valence-corrected chi connectivity index (χ0v) is 19.7. The van der Waals surface area contributed by atoms with Crippen LogP contribution in [0.3, 0.4) is 0 Å². The number of primary amides is 1. The Kier molecular flexibility index (Phi) is 18.3. The number of hydrogen-bond acceptors (Lipinski definition) is 3. The first-order chi connectivity index (χ1) is 14.8. The van der Waals surface area contributed by atoms with Crippen LogP contribution in [-0.4, -0.2) is 22.9 Å². The standard InChI is InChI=1S/C18H21NO.C3H5NO3.2C2H6/c1-3-5-15-6-4-7-18(12-15)17-10-8-16(9-11-17)13-19-14(2)20;4-2(5)1-3(6)7;2*1-2/h4,6-12H,3,5,13H2,1-2H3,(H,19,20);1H2,(H2,4,5)(H,6,7);2*1-2H3. The van der Waals surface area contributed by atoms with Gasteiger partial charge >= 0.3 is 5.97 Å². The Morgan fingerprint density at radius 3 is 1.90 bits per heavy atom. The Bertz CT molecular complexity index is 759. The molecular formula is C25H38N2O4. The summed E-state index contributed by atoms with van der Waals surface area (Å²) < 4.78 is 0. The fourth-order valence-corrected chi connectivity index (χ4v) is 2.39. The molecular weight excluding hydrogens is 392 g/mol. The summed E-state index contributed by atoms with van der Waals surface area (Å²) in [6.45, 7) is 12.3. The molecule has 0 aromatic heterocycles. The third-order valence-electron chi connectivity index (χ3n) is 3.62. The normalized spacial score (nSPS) is 8.84. The van der Waals surface area contributed by atoms with Gasteiger partial charge in [0.05, 0.1) is 0 Å². The smallest absolute Gasteiger partial charge is 0.312 e. The number of carboxylic acids is 1. The van der Waals surface area contributed by atoms with E-state index < -0.39 is 18.3 Å². The zero-order valence-electron chi connectivity index (χ0n) is 19.7. The summed E-state index contributed by atoms with van der Waals surface area (Å²) in [5.41, 5.74) is 9.44. The summed E-state index contributed by atoms with van der Waals surface area (Å²) in [4.78, 5) is 30.1. The molecule has 6 nitrogen and oxygen atoms in total. The van der Waals surface area contributed by atoms with E-state index in [1.807, 2.05) is 27.7 Å². The number of carbonyl (C=O) groups is 3. The van der Waals surface area contributed by atoms with Crippen LogP contribution in [-0.2, 0) is 27.3 Å². The molecule has 0 aliphatic heterocycles. The van der Waals surface area contributed by atoms with Gasteiger partial charge in [0.25, 0.3) is 0 Å². The number of nitrogens with two attached hydrogens (primary N) is 1. The van der Waals surface area contributed by atoms with Crippen molar-refractivity contribution in [3.05, 3.63) is 59.7 Å². The zero-order chi connectivity index (χ0) is 24.2. The predicted octanol–water partition coefficient (Wildman–Crippen LogP) is 4.94. The summed E-state index contributed by atoms with van der Waals surface area (Å²) in [6, 6.07) is 17.1. The van der Waals surface area contributed by atoms with Crippen molar-refractivity contribution >= 4 is 17.8 Å². The maximum Gasteiger partial charge on any atom is 0.312 e. The maximum absolute atomic E-state index is 10.9. The van der Waals surface area contributed by atoms with E-state index in [0.29, 0.717) is 6.54 Å². The Hall–Kier alpha value is -3.15. The van der Waals surface area contributed by atoms with Crippen molar-refractivity contribution in [2.24, 2.45) is 5.73 Å². The fourth-order valence-electron chi connectivity index (χ4n) is 2.39. The van der Waals surface area contributed by atoms with Gasteiger partial charge in [-0.05, 0) is 28.7 Å². The molecule has 0 fully saturated rings. The Labute approximate surface area is 186 Å². The number of amides is 2. The van der Waals surface area contributed by atoms with E-state index in [-0.39, 0.29) is 5.91 Å². The van der Waals surface area contributed by atoms with E-state index in [1.165, 1.54) is 30.0 Å². The van der Waals surface area contributed by atoms with Crippen molar-refractivity contribution in [1.82, 2.24) is 5.32 Å². The monoisotopic (exact) mass is 430 g/mol. The minimum atomic E-state index is -1.19. The highest BCUT2D eigenvalue weighted by molar-refractivity contribution is 5.92. The van der Waals surface area contributed by atoms with Crippen molar-refractivity contribution in [2.75, 3.05) is 0 Å². The second kappa shape index (κ2) is 18.9. The van der Waals surface area contributed by atoms with Crippen LogP contribution in [0.15, 0.2) is 48.5 Å². The molecule has 0 heterocycles. The van der Waals surface area contributed by atoms with Gasteiger partial charge in [-0.25, -0.2) is 0 Å². The Balaban J connectivity index is 0. The molecule has 0 bridgehead atoms. The largest absolute Gasteiger partial charge is 0.481 e. The molecule has 2 aromatic rings. The third kappa shape index (κ3) is 15.4. The summed E-state index contributed by atoms with van der Waals surface area (Å²) in [6.07, 6.45) is 1.70. The molecule has 0 unspecified atom stereocenters. The number of benzene rings is 2. The van der Waals surface area contributed by atoms with Crippen LogP contribution in [0.5, 0.6) is 0 Å². The quantitative estimate of drug-likeness (QED) is 0.540. The number of hydrogen-bond donors (Lipinski definition) is 3. The molecule has 0 aliphatic carbocycles. The first-order valence-electron chi connectivity index (χ1n) is 10.7. The molecule has 0 atom stereocenters. The number of carboxylic acid groups (broad SMARTS) is 1. The average molecular weight is 431 g/mol. The van der Waals surface area contributed by atoms with Gasteiger partial charge in [-0.3, -0.25) is 14.4 Å². The predicted molar refractivity (Wildman–Crippen MR) is 128 cm³/mol. The SMILES string of the molecule is CC.CC.CCCc1cccc(-c2ccc(CNC(C)=O)cc2)c1.NC(=O)CC(=O)O. The highest BCUT2D eigenvalue weighted by atomic mass is 16.4. The van der Waals surface area contributed by atoms with E-state index in [4.69, 9.17) is 5.11 Å². The molecule has 0 saturated heterocycles. The first kappa shape index (κ1) is 30.0. The molecule has 4 N–H and O–H groups in total. The molecule has 2 rings (SSSR count). The highest BCUT2D eigenvalue weighted by Crippen LogP contribution is 2.21. The van der Waals surface area contributed by atoms with E-state index >= 15 is 0 Å². The molecule has 172 valence electrons. The van der Waals surface area contributed by atoms with Gasteiger partial charge in [0, 0.05) is 13.5 Å². The van der Waals surface area contributed by atoms with Crippen molar-refractivity contribution < 1.29 is 19.5 Å². The summed E-state index contributed by atoms with van der Waals surface area (Å²) in [5, 5.41) is 10.6. The van der Waals surface area contributed by atoms with Gasteiger partial charge in [0.2, 0.25) is 11.8 Å². The van der Waals surface area contributed by atoms with Crippen molar-refractivity contribution in [3.8, 4) is 11.1 Å². The van der Waals surface area contributed by atoms with Gasteiger partial charge in [-0.15, -0.1) is 0 Å². The second-order valence-electron chi connectivity index (χ2n) is 6.09. The molecule has 0 aliphatic rings. The number of carbonyl (C=O) groups excluding carboxylic acids is 2. The van der Waals surface area contributed by atoms with Crippen molar-refractivity contribution in [2.45, 2.75) is 67.3 Å². The lowest BCUT2D eigenvalue weighted by Gasteiger charge is -2.07. The number of aryl methyl sites for hydroxylation is 1. The van der Waals surface area contributed by atoms with E-state index in [0.717, 1.165) is 12.0 Å². The van der Waals surface area contributed by atoms with Crippen LogP contribution in [0.25, 0.3) is 11.1 Å². The summed E-state index contributed by atoms with van der Waals surface area (Å²) >= 11 is 0. The van der Waals surface area contributed by atoms with E-state index in [1.54, 1.807) is 0 Å². The van der Waals surface area contributed by atoms with Crippen LogP contribution in [0.2, 0.25) is 0 Å². The average Bonchev–Trinajstić information content (AvgIpc) is 2.75. The molecule has 0 saturated carbocycles. The van der Waals surface area contributed by atoms with Crippen LogP contribution in [0.4, 0.5) is 0 Å². The summed E-state index contributed by atoms with van der Waals surface area (Å²) in [5.74, 6) is -2.00. The van der Waals surface area contributed by atoms with Crippen LogP contribution < -0.4 is 11.1 Å². The van der Waals surface area contributed by atoms with Gasteiger partial charge in [0.1, 0.15) is 6.42 Å². The number of aliphatic carboxylic acids is 1. The highest BCUT2D eigenvalue weighted by Gasteiger charge is 2.01. The molecule has 31 heavy (non-hydrogen) atoms. The van der Waals surface area contributed by atoms with Crippen molar-refractivity contribution in [3.63, 3.8) is 0 Å². The fraction of sp³-hybridized carbons (Fsp3) is 0.400. The lowest BCUT2D eigenvalue weighted by Crippen LogP contribution is -2.18. The van der Waals surface area contributed by atoms with Crippen LogP contribution >= 0.6 is 0 Å². The van der Waals surface area contributed by atoms with Gasteiger partial charge in [-0.2, -0.15) is 0 Å². The topological polar surface area (TPSA) is 109 Å². The van der Waals surface area contributed by atoms with E-state index in [9.17, 15) is 14.4 Å². The maximum atomic E-state index is 10.9. The first-order valence-corrected chi connectivity index (χ1v) is 10.7.